The third-order valence-corrected chi connectivity index (χ3v) is 2.10. The molecule has 0 aliphatic rings. The molecule has 0 atom stereocenters. The van der Waals surface area contributed by atoms with Crippen LogP contribution in [0.3, 0.4) is 0 Å². The van der Waals surface area contributed by atoms with Gasteiger partial charge < -0.3 is 9.47 Å². The number of aldehydes is 1. The van der Waals surface area contributed by atoms with Crippen molar-refractivity contribution in [2.75, 3.05) is 6.61 Å². The molecule has 16 heavy (non-hydrogen) atoms. The van der Waals surface area contributed by atoms with E-state index in [0.717, 1.165) is 6.29 Å². The zero-order valence-electron chi connectivity index (χ0n) is 9.62. The van der Waals surface area contributed by atoms with E-state index >= 15 is 0 Å². The lowest BCUT2D eigenvalue weighted by molar-refractivity contribution is 0.112. The molecule has 88 valence electrons. The average Bonchev–Trinajstić information content (AvgIpc) is 2.22. The number of halogens is 1. The van der Waals surface area contributed by atoms with E-state index in [4.69, 9.17) is 21.1 Å². The Morgan fingerprint density at radius 1 is 1.44 bits per heavy atom. The summed E-state index contributed by atoms with van der Waals surface area (Å²) in [5.74, 6) is 0.995. The van der Waals surface area contributed by atoms with Crippen molar-refractivity contribution in [1.82, 2.24) is 0 Å². The standard InChI is InChI=1S/C12H15ClO3/c1-4-15-11-6-9(7-14)5-10(13)12(11)16-8(2)3/h5-8H,4H2,1-3H3. The maximum absolute atomic E-state index is 10.7. The second-order valence-electron chi connectivity index (χ2n) is 3.55. The van der Waals surface area contributed by atoms with Crippen LogP contribution in [0.25, 0.3) is 0 Å². The molecular weight excluding hydrogens is 228 g/mol. The van der Waals surface area contributed by atoms with Crippen molar-refractivity contribution in [1.29, 1.82) is 0 Å². The highest BCUT2D eigenvalue weighted by atomic mass is 35.5. The van der Waals surface area contributed by atoms with Crippen molar-refractivity contribution in [3.8, 4) is 11.5 Å². The maximum atomic E-state index is 10.7. The first-order valence-electron chi connectivity index (χ1n) is 5.16. The normalized spacial score (nSPS) is 10.3. The molecule has 0 aliphatic heterocycles. The first-order valence-corrected chi connectivity index (χ1v) is 5.54. The van der Waals surface area contributed by atoms with Crippen molar-refractivity contribution >= 4 is 17.9 Å². The van der Waals surface area contributed by atoms with Gasteiger partial charge in [-0.3, -0.25) is 4.79 Å². The third-order valence-electron chi connectivity index (χ3n) is 1.82. The second kappa shape index (κ2) is 5.75. The van der Waals surface area contributed by atoms with E-state index < -0.39 is 0 Å². The van der Waals surface area contributed by atoms with Gasteiger partial charge >= 0.3 is 0 Å². The number of carbonyl (C=O) groups is 1. The molecule has 0 aromatic heterocycles. The molecule has 0 radical (unpaired) electrons. The largest absolute Gasteiger partial charge is 0.490 e. The van der Waals surface area contributed by atoms with Gasteiger partial charge in [0.15, 0.2) is 11.5 Å². The number of benzene rings is 1. The quantitative estimate of drug-likeness (QED) is 0.743. The molecule has 0 aliphatic carbocycles. The summed E-state index contributed by atoms with van der Waals surface area (Å²) in [6.45, 7) is 6.16. The van der Waals surface area contributed by atoms with Crippen molar-refractivity contribution in [3.63, 3.8) is 0 Å². The number of hydrogen-bond donors (Lipinski definition) is 0. The Labute approximate surface area is 100 Å². The van der Waals surface area contributed by atoms with Gasteiger partial charge in [-0.1, -0.05) is 11.6 Å². The van der Waals surface area contributed by atoms with Gasteiger partial charge in [0.25, 0.3) is 0 Å². The van der Waals surface area contributed by atoms with Crippen molar-refractivity contribution in [2.24, 2.45) is 0 Å². The summed E-state index contributed by atoms with van der Waals surface area (Å²) >= 11 is 6.03. The van der Waals surface area contributed by atoms with Gasteiger partial charge in [-0.15, -0.1) is 0 Å². The van der Waals surface area contributed by atoms with Crippen LogP contribution >= 0.6 is 11.6 Å². The summed E-state index contributed by atoms with van der Waals surface area (Å²) in [7, 11) is 0. The first-order chi connectivity index (χ1) is 7.58. The molecule has 1 rings (SSSR count). The molecule has 0 amide bonds. The molecule has 3 nitrogen and oxygen atoms in total. The Hall–Kier alpha value is -1.22. The molecule has 0 heterocycles. The molecule has 0 unspecified atom stereocenters. The van der Waals surface area contributed by atoms with E-state index in [9.17, 15) is 4.79 Å². The number of ether oxygens (including phenoxy) is 2. The highest BCUT2D eigenvalue weighted by molar-refractivity contribution is 6.32. The Bertz CT molecular complexity index is 375. The summed E-state index contributed by atoms with van der Waals surface area (Å²) in [5.41, 5.74) is 0.476. The molecule has 1 aromatic carbocycles. The Morgan fingerprint density at radius 2 is 2.12 bits per heavy atom. The fraction of sp³-hybridized carbons (Fsp3) is 0.417. The molecular formula is C12H15ClO3. The van der Waals surface area contributed by atoms with Gasteiger partial charge in [-0.2, -0.15) is 0 Å². The van der Waals surface area contributed by atoms with Crippen LogP contribution in [0.4, 0.5) is 0 Å². The minimum absolute atomic E-state index is 0.00112. The Balaban J connectivity index is 3.16. The summed E-state index contributed by atoms with van der Waals surface area (Å²) in [4.78, 5) is 10.7. The van der Waals surface area contributed by atoms with E-state index in [1.807, 2.05) is 20.8 Å². The summed E-state index contributed by atoms with van der Waals surface area (Å²) < 4.78 is 10.9. The predicted molar refractivity (Wildman–Crippen MR) is 63.8 cm³/mol. The highest BCUT2D eigenvalue weighted by Gasteiger charge is 2.13. The monoisotopic (exact) mass is 242 g/mol. The van der Waals surface area contributed by atoms with Gasteiger partial charge in [-0.05, 0) is 32.9 Å². The van der Waals surface area contributed by atoms with Crippen LogP contribution in [0.15, 0.2) is 12.1 Å². The molecule has 0 bridgehead atoms. The Kier molecular flexibility index (Phi) is 4.62. The lowest BCUT2D eigenvalue weighted by Gasteiger charge is -2.16. The molecule has 0 saturated heterocycles. The molecule has 4 heteroatoms. The number of hydrogen-bond acceptors (Lipinski definition) is 3. The number of rotatable bonds is 5. The van der Waals surface area contributed by atoms with Crippen molar-refractivity contribution in [3.05, 3.63) is 22.7 Å². The molecule has 0 N–H and O–H groups in total. The van der Waals surface area contributed by atoms with Gasteiger partial charge in [0.2, 0.25) is 0 Å². The van der Waals surface area contributed by atoms with Crippen LogP contribution in [-0.2, 0) is 0 Å². The van der Waals surface area contributed by atoms with Gasteiger partial charge in [0, 0.05) is 5.56 Å². The van der Waals surface area contributed by atoms with E-state index in [-0.39, 0.29) is 6.10 Å². The third kappa shape index (κ3) is 3.14. The van der Waals surface area contributed by atoms with Crippen molar-refractivity contribution < 1.29 is 14.3 Å². The average molecular weight is 243 g/mol. The predicted octanol–water partition coefficient (Wildman–Crippen LogP) is 3.34. The summed E-state index contributed by atoms with van der Waals surface area (Å²) in [6, 6.07) is 3.19. The minimum Gasteiger partial charge on any atom is -0.490 e. The molecule has 1 aromatic rings. The lowest BCUT2D eigenvalue weighted by atomic mass is 10.2. The van der Waals surface area contributed by atoms with E-state index in [1.165, 1.54) is 0 Å². The van der Waals surface area contributed by atoms with E-state index in [2.05, 4.69) is 0 Å². The highest BCUT2D eigenvalue weighted by Crippen LogP contribution is 2.36. The maximum Gasteiger partial charge on any atom is 0.180 e. The van der Waals surface area contributed by atoms with Crippen LogP contribution in [0.5, 0.6) is 11.5 Å². The van der Waals surface area contributed by atoms with Crippen LogP contribution in [0, 0.1) is 0 Å². The minimum atomic E-state index is -0.00112. The van der Waals surface area contributed by atoms with E-state index in [0.29, 0.717) is 28.7 Å². The van der Waals surface area contributed by atoms with E-state index in [1.54, 1.807) is 12.1 Å². The molecule has 0 saturated carbocycles. The fourth-order valence-electron chi connectivity index (χ4n) is 1.27. The summed E-state index contributed by atoms with van der Waals surface area (Å²) in [6.07, 6.45) is 0.729. The zero-order valence-corrected chi connectivity index (χ0v) is 10.4. The van der Waals surface area contributed by atoms with Crippen LogP contribution < -0.4 is 9.47 Å². The van der Waals surface area contributed by atoms with Crippen LogP contribution in [0.1, 0.15) is 31.1 Å². The van der Waals surface area contributed by atoms with Gasteiger partial charge in [-0.25, -0.2) is 0 Å². The Morgan fingerprint density at radius 3 is 2.62 bits per heavy atom. The topological polar surface area (TPSA) is 35.5 Å². The van der Waals surface area contributed by atoms with Crippen LogP contribution in [0.2, 0.25) is 5.02 Å². The fourth-order valence-corrected chi connectivity index (χ4v) is 1.53. The van der Waals surface area contributed by atoms with Crippen LogP contribution in [-0.4, -0.2) is 19.0 Å². The first kappa shape index (κ1) is 12.8. The molecule has 0 spiro atoms. The second-order valence-corrected chi connectivity index (χ2v) is 3.95. The number of carbonyl (C=O) groups excluding carboxylic acids is 1. The zero-order chi connectivity index (χ0) is 12.1. The molecule has 0 fully saturated rings. The smallest absolute Gasteiger partial charge is 0.180 e. The van der Waals surface area contributed by atoms with Gasteiger partial charge in [0.1, 0.15) is 6.29 Å². The summed E-state index contributed by atoms with van der Waals surface area (Å²) in [5, 5.41) is 0.391. The lowest BCUT2D eigenvalue weighted by Crippen LogP contribution is -2.08. The van der Waals surface area contributed by atoms with Gasteiger partial charge in [0.05, 0.1) is 17.7 Å². The van der Waals surface area contributed by atoms with Crippen molar-refractivity contribution in [2.45, 2.75) is 26.9 Å². The SMILES string of the molecule is CCOc1cc(C=O)cc(Cl)c1OC(C)C.